The Hall–Kier alpha value is -2.90. The van der Waals surface area contributed by atoms with Crippen LogP contribution in [0.4, 0.5) is 5.69 Å². The highest BCUT2D eigenvalue weighted by atomic mass is 16.6. The zero-order chi connectivity index (χ0) is 18.1. The van der Waals surface area contributed by atoms with Gasteiger partial charge in [0.15, 0.2) is 6.10 Å². The van der Waals surface area contributed by atoms with E-state index in [1.165, 1.54) is 9.80 Å². The number of para-hydroxylation sites is 2. The van der Waals surface area contributed by atoms with Gasteiger partial charge in [0.1, 0.15) is 23.2 Å². The molecule has 0 unspecified atom stereocenters. The molecule has 2 atom stereocenters. The minimum Gasteiger partial charge on any atom is -0.479 e. The van der Waals surface area contributed by atoms with Crippen molar-refractivity contribution in [3.63, 3.8) is 0 Å². The number of hydrogen-bond donors (Lipinski definition) is 0. The van der Waals surface area contributed by atoms with Crippen molar-refractivity contribution in [2.45, 2.75) is 39.5 Å². The summed E-state index contributed by atoms with van der Waals surface area (Å²) in [6.45, 7) is 5.40. The Morgan fingerprint density at radius 1 is 1.36 bits per heavy atom. The van der Waals surface area contributed by atoms with Crippen molar-refractivity contribution < 1.29 is 19.0 Å². The molecule has 0 fully saturated rings. The minimum absolute atomic E-state index is 0.209. The van der Waals surface area contributed by atoms with E-state index in [0.717, 1.165) is 0 Å². The van der Waals surface area contributed by atoms with Gasteiger partial charge in [-0.1, -0.05) is 22.4 Å². The highest BCUT2D eigenvalue weighted by Gasteiger charge is 2.37. The van der Waals surface area contributed by atoms with Crippen molar-refractivity contribution >= 4 is 17.5 Å². The van der Waals surface area contributed by atoms with E-state index in [1.54, 1.807) is 40.0 Å². The maximum absolute atomic E-state index is 12.9. The second-order valence-corrected chi connectivity index (χ2v) is 6.10. The lowest BCUT2D eigenvalue weighted by atomic mass is 10.1. The van der Waals surface area contributed by atoms with Crippen LogP contribution >= 0.6 is 0 Å². The summed E-state index contributed by atoms with van der Waals surface area (Å²) >= 11 is 0. The number of hydrogen-bond acceptors (Lipinski definition) is 6. The van der Waals surface area contributed by atoms with Crippen LogP contribution < -0.4 is 9.64 Å². The highest BCUT2D eigenvalue weighted by Crippen LogP contribution is 2.35. The third-order valence-corrected chi connectivity index (χ3v) is 4.27. The maximum Gasteiger partial charge on any atom is 0.268 e. The minimum atomic E-state index is -0.676. The molecule has 2 heterocycles. The van der Waals surface area contributed by atoms with E-state index in [0.29, 0.717) is 22.8 Å². The Bertz CT molecular complexity index is 803. The first kappa shape index (κ1) is 16.9. The fourth-order valence-electron chi connectivity index (χ4n) is 2.84. The quantitative estimate of drug-likeness (QED) is 0.836. The van der Waals surface area contributed by atoms with Gasteiger partial charge in [-0.05, 0) is 32.9 Å². The van der Waals surface area contributed by atoms with E-state index in [9.17, 15) is 9.59 Å². The number of aryl methyl sites for hydroxylation is 1. The van der Waals surface area contributed by atoms with Crippen molar-refractivity contribution in [3.05, 3.63) is 35.7 Å². The molecule has 0 radical (unpaired) electrons. The Balaban J connectivity index is 1.84. The van der Waals surface area contributed by atoms with Crippen LogP contribution in [0.25, 0.3) is 0 Å². The Morgan fingerprint density at radius 3 is 2.76 bits per heavy atom. The van der Waals surface area contributed by atoms with Gasteiger partial charge in [-0.3, -0.25) is 14.5 Å². The van der Waals surface area contributed by atoms with Gasteiger partial charge < -0.3 is 9.64 Å². The molecule has 1 aromatic carbocycles. The number of fused-ring (bicyclic) bond motifs is 1. The van der Waals surface area contributed by atoms with Crippen LogP contribution in [0.1, 0.15) is 25.2 Å². The lowest BCUT2D eigenvalue weighted by Crippen LogP contribution is -2.54. The Labute approximate surface area is 145 Å². The molecule has 0 N–H and O–H groups in total. The molecule has 8 heteroatoms. The molecule has 0 spiro atoms. The third-order valence-electron chi connectivity index (χ3n) is 4.27. The monoisotopic (exact) mass is 344 g/mol. The molecule has 132 valence electrons. The van der Waals surface area contributed by atoms with Crippen LogP contribution in [0.3, 0.4) is 0 Å². The van der Waals surface area contributed by atoms with Crippen molar-refractivity contribution in [1.29, 1.82) is 0 Å². The lowest BCUT2D eigenvalue weighted by molar-refractivity contribution is -0.135. The van der Waals surface area contributed by atoms with Gasteiger partial charge in [0.25, 0.3) is 5.91 Å². The summed E-state index contributed by atoms with van der Waals surface area (Å²) in [5.74, 6) is 0.139. The Morgan fingerprint density at radius 2 is 2.08 bits per heavy atom. The van der Waals surface area contributed by atoms with E-state index in [4.69, 9.17) is 4.74 Å². The van der Waals surface area contributed by atoms with Gasteiger partial charge >= 0.3 is 0 Å². The van der Waals surface area contributed by atoms with Gasteiger partial charge in [-0.25, -0.2) is 4.63 Å². The fraction of sp³-hybridized carbons (Fsp3) is 0.412. The second-order valence-electron chi connectivity index (χ2n) is 6.10. The zero-order valence-corrected chi connectivity index (χ0v) is 14.6. The predicted octanol–water partition coefficient (Wildman–Crippen LogP) is 1.54. The molecule has 1 aliphatic heterocycles. The lowest BCUT2D eigenvalue weighted by Gasteiger charge is -2.37. The number of likely N-dealkylation sites (N-methyl/N-ethyl adjacent to an activating group) is 1. The zero-order valence-electron chi connectivity index (χ0n) is 14.6. The van der Waals surface area contributed by atoms with E-state index in [1.807, 2.05) is 12.1 Å². The van der Waals surface area contributed by atoms with Crippen LogP contribution in [0.15, 0.2) is 28.9 Å². The van der Waals surface area contributed by atoms with Crippen LogP contribution in [0.5, 0.6) is 5.75 Å². The first-order valence-corrected chi connectivity index (χ1v) is 8.02. The molecule has 8 nitrogen and oxygen atoms in total. The van der Waals surface area contributed by atoms with Crippen molar-refractivity contribution in [2.75, 3.05) is 11.9 Å². The third kappa shape index (κ3) is 3.07. The van der Waals surface area contributed by atoms with E-state index >= 15 is 0 Å². The summed E-state index contributed by atoms with van der Waals surface area (Å²) in [5.41, 5.74) is 1.82. The first-order valence-electron chi connectivity index (χ1n) is 8.02. The number of benzene rings is 1. The standard InChI is InChI=1S/C17H20N4O4/c1-10-13(19-25-18-10)9-20(4)16(22)11(2)21-14-7-5-6-8-15(14)24-12(3)17(21)23/h5-8,11-12H,9H2,1-4H3/t11-,12-/m1/s1. The first-order chi connectivity index (χ1) is 11.9. The molecule has 1 aliphatic rings. The number of aromatic nitrogens is 2. The van der Waals surface area contributed by atoms with Crippen LogP contribution in [0, 0.1) is 6.92 Å². The second kappa shape index (κ2) is 6.54. The largest absolute Gasteiger partial charge is 0.479 e. The van der Waals surface area contributed by atoms with E-state index in [-0.39, 0.29) is 18.4 Å². The number of rotatable bonds is 4. The van der Waals surface area contributed by atoms with Gasteiger partial charge in [0.2, 0.25) is 5.91 Å². The molecular formula is C17H20N4O4. The fourth-order valence-corrected chi connectivity index (χ4v) is 2.84. The summed E-state index contributed by atoms with van der Waals surface area (Å²) in [6.07, 6.45) is -0.641. The van der Waals surface area contributed by atoms with Crippen molar-refractivity contribution in [2.24, 2.45) is 0 Å². The average molecular weight is 344 g/mol. The SMILES string of the molecule is Cc1nonc1CN(C)C(=O)[C@@H](C)N1C(=O)[C@@H](C)Oc2ccccc21. The number of carbonyl (C=O) groups is 2. The summed E-state index contributed by atoms with van der Waals surface area (Å²) in [7, 11) is 1.66. The van der Waals surface area contributed by atoms with Crippen molar-refractivity contribution in [3.8, 4) is 5.75 Å². The topological polar surface area (TPSA) is 88.8 Å². The summed E-state index contributed by atoms with van der Waals surface area (Å²) in [4.78, 5) is 28.5. The molecule has 2 aromatic rings. The van der Waals surface area contributed by atoms with Gasteiger partial charge in [0, 0.05) is 7.05 Å². The van der Waals surface area contributed by atoms with Crippen LogP contribution in [-0.2, 0) is 16.1 Å². The van der Waals surface area contributed by atoms with Crippen LogP contribution in [0.2, 0.25) is 0 Å². The maximum atomic E-state index is 12.9. The number of anilines is 1. The van der Waals surface area contributed by atoms with E-state index in [2.05, 4.69) is 14.9 Å². The van der Waals surface area contributed by atoms with Crippen LogP contribution in [-0.4, -0.2) is 46.2 Å². The van der Waals surface area contributed by atoms with Gasteiger partial charge in [-0.2, -0.15) is 0 Å². The molecule has 1 aromatic heterocycles. The van der Waals surface area contributed by atoms with Gasteiger partial charge in [0.05, 0.1) is 12.2 Å². The summed E-state index contributed by atoms with van der Waals surface area (Å²) in [6, 6.07) is 6.53. The molecule has 0 bridgehead atoms. The molecule has 0 saturated heterocycles. The smallest absolute Gasteiger partial charge is 0.268 e. The molecule has 3 rings (SSSR count). The van der Waals surface area contributed by atoms with Crippen molar-refractivity contribution in [1.82, 2.24) is 15.2 Å². The normalized spacial score (nSPS) is 17.7. The molecule has 2 amide bonds. The summed E-state index contributed by atoms with van der Waals surface area (Å²) < 4.78 is 10.3. The number of carbonyl (C=O) groups excluding carboxylic acids is 2. The number of amides is 2. The molecule has 0 aliphatic carbocycles. The number of nitrogens with zero attached hydrogens (tertiary/aromatic N) is 4. The predicted molar refractivity (Wildman–Crippen MR) is 89.0 cm³/mol. The Kier molecular flexibility index (Phi) is 4.43. The number of ether oxygens (including phenoxy) is 1. The average Bonchev–Trinajstić information content (AvgIpc) is 2.99. The molecule has 0 saturated carbocycles. The van der Waals surface area contributed by atoms with E-state index < -0.39 is 12.1 Å². The highest BCUT2D eigenvalue weighted by molar-refractivity contribution is 6.05. The molecular weight excluding hydrogens is 324 g/mol. The molecule has 25 heavy (non-hydrogen) atoms. The summed E-state index contributed by atoms with van der Waals surface area (Å²) in [5, 5.41) is 7.50. The van der Waals surface area contributed by atoms with Gasteiger partial charge in [-0.15, -0.1) is 0 Å².